The van der Waals surface area contributed by atoms with E-state index in [0.29, 0.717) is 12.6 Å². The second kappa shape index (κ2) is 5.94. The van der Waals surface area contributed by atoms with Crippen molar-refractivity contribution in [2.24, 2.45) is 5.92 Å². The quantitative estimate of drug-likeness (QED) is 0.793. The molecule has 0 heterocycles. The summed E-state index contributed by atoms with van der Waals surface area (Å²) in [5, 5.41) is 4.29. The number of aryl methyl sites for hydroxylation is 2. The number of hydrogen-bond donors (Lipinski definition) is 1. The third-order valence-electron chi connectivity index (χ3n) is 3.57. The lowest BCUT2D eigenvalue weighted by Gasteiger charge is -2.15. The summed E-state index contributed by atoms with van der Waals surface area (Å²) in [6.45, 7) is 7.94. The molecule has 0 aliphatic heterocycles. The molecule has 0 radical (unpaired) electrons. The first-order chi connectivity index (χ1) is 8.58. The molecule has 3 heteroatoms. The van der Waals surface area contributed by atoms with Crippen molar-refractivity contribution in [1.82, 2.24) is 5.32 Å². The SMILES string of the molecule is Cc1cc(Cl)cc(C)c1OCCNC(C)C1CC1. The molecule has 1 aliphatic carbocycles. The van der Waals surface area contributed by atoms with Crippen molar-refractivity contribution in [2.75, 3.05) is 13.2 Å². The first-order valence-electron chi connectivity index (χ1n) is 6.71. The molecule has 0 spiro atoms. The normalized spacial score (nSPS) is 16.7. The van der Waals surface area contributed by atoms with Crippen molar-refractivity contribution in [2.45, 2.75) is 39.7 Å². The molecule has 2 nitrogen and oxygen atoms in total. The van der Waals surface area contributed by atoms with Gasteiger partial charge in [-0.25, -0.2) is 0 Å². The summed E-state index contributed by atoms with van der Waals surface area (Å²) < 4.78 is 5.85. The van der Waals surface area contributed by atoms with Crippen LogP contribution in [0.2, 0.25) is 5.02 Å². The highest BCUT2D eigenvalue weighted by Gasteiger charge is 2.27. The summed E-state index contributed by atoms with van der Waals surface area (Å²) in [5.74, 6) is 1.87. The van der Waals surface area contributed by atoms with Gasteiger partial charge in [0.15, 0.2) is 0 Å². The Morgan fingerprint density at radius 1 is 1.33 bits per heavy atom. The number of ether oxygens (including phenoxy) is 1. The molecule has 1 N–H and O–H groups in total. The van der Waals surface area contributed by atoms with Gasteiger partial charge >= 0.3 is 0 Å². The van der Waals surface area contributed by atoms with Gasteiger partial charge in [-0.2, -0.15) is 0 Å². The molecule has 0 amide bonds. The van der Waals surface area contributed by atoms with E-state index in [-0.39, 0.29) is 0 Å². The van der Waals surface area contributed by atoms with Crippen LogP contribution in [0.3, 0.4) is 0 Å². The van der Waals surface area contributed by atoms with Crippen molar-refractivity contribution in [1.29, 1.82) is 0 Å². The van der Waals surface area contributed by atoms with E-state index in [0.717, 1.165) is 34.4 Å². The van der Waals surface area contributed by atoms with Gasteiger partial charge in [0.1, 0.15) is 12.4 Å². The van der Waals surface area contributed by atoms with Crippen LogP contribution in [0, 0.1) is 19.8 Å². The molecular formula is C15H22ClNO. The number of halogens is 1. The van der Waals surface area contributed by atoms with Gasteiger partial charge in [0.25, 0.3) is 0 Å². The van der Waals surface area contributed by atoms with Crippen LogP contribution in [-0.4, -0.2) is 19.2 Å². The Hall–Kier alpha value is -0.730. The first-order valence-corrected chi connectivity index (χ1v) is 7.08. The highest BCUT2D eigenvalue weighted by Crippen LogP contribution is 2.32. The fraction of sp³-hybridized carbons (Fsp3) is 0.600. The van der Waals surface area contributed by atoms with Crippen molar-refractivity contribution in [3.8, 4) is 5.75 Å². The van der Waals surface area contributed by atoms with Crippen LogP contribution >= 0.6 is 11.6 Å². The molecule has 1 unspecified atom stereocenters. The van der Waals surface area contributed by atoms with Gasteiger partial charge in [0.05, 0.1) is 0 Å². The number of benzene rings is 1. The summed E-state index contributed by atoms with van der Waals surface area (Å²) in [6.07, 6.45) is 2.76. The minimum atomic E-state index is 0.626. The third-order valence-corrected chi connectivity index (χ3v) is 3.79. The Kier molecular flexibility index (Phi) is 4.52. The van der Waals surface area contributed by atoms with E-state index < -0.39 is 0 Å². The van der Waals surface area contributed by atoms with Gasteiger partial charge < -0.3 is 10.1 Å². The number of hydrogen-bond acceptors (Lipinski definition) is 2. The maximum absolute atomic E-state index is 6.00. The predicted octanol–water partition coefficient (Wildman–Crippen LogP) is 3.72. The third kappa shape index (κ3) is 3.63. The van der Waals surface area contributed by atoms with E-state index in [1.807, 2.05) is 26.0 Å². The zero-order valence-electron chi connectivity index (χ0n) is 11.4. The van der Waals surface area contributed by atoms with E-state index in [1.54, 1.807) is 0 Å². The lowest BCUT2D eigenvalue weighted by Crippen LogP contribution is -2.31. The fourth-order valence-electron chi connectivity index (χ4n) is 2.33. The Morgan fingerprint density at radius 3 is 2.50 bits per heavy atom. The average Bonchev–Trinajstić information content (AvgIpc) is 3.10. The largest absolute Gasteiger partial charge is 0.492 e. The monoisotopic (exact) mass is 267 g/mol. The Labute approximate surface area is 115 Å². The maximum Gasteiger partial charge on any atom is 0.125 e. The van der Waals surface area contributed by atoms with Crippen LogP contribution in [0.15, 0.2) is 12.1 Å². The van der Waals surface area contributed by atoms with E-state index >= 15 is 0 Å². The van der Waals surface area contributed by atoms with Gasteiger partial charge in [-0.15, -0.1) is 0 Å². The zero-order valence-corrected chi connectivity index (χ0v) is 12.2. The maximum atomic E-state index is 6.00. The van der Waals surface area contributed by atoms with Crippen molar-refractivity contribution in [3.05, 3.63) is 28.3 Å². The standard InChI is InChI=1S/C15H22ClNO/c1-10-8-14(16)9-11(2)15(10)18-7-6-17-12(3)13-4-5-13/h8-9,12-13,17H,4-7H2,1-3H3. The van der Waals surface area contributed by atoms with Gasteiger partial charge in [-0.1, -0.05) is 11.6 Å². The average molecular weight is 268 g/mol. The lowest BCUT2D eigenvalue weighted by atomic mass is 10.1. The molecule has 18 heavy (non-hydrogen) atoms. The molecule has 0 saturated heterocycles. The van der Waals surface area contributed by atoms with Crippen molar-refractivity contribution >= 4 is 11.6 Å². The van der Waals surface area contributed by atoms with Gasteiger partial charge in [-0.05, 0) is 62.8 Å². The highest BCUT2D eigenvalue weighted by atomic mass is 35.5. The molecule has 1 saturated carbocycles. The summed E-state index contributed by atoms with van der Waals surface area (Å²) in [7, 11) is 0. The van der Waals surface area contributed by atoms with Gasteiger partial charge in [-0.3, -0.25) is 0 Å². The van der Waals surface area contributed by atoms with Crippen molar-refractivity contribution in [3.63, 3.8) is 0 Å². The summed E-state index contributed by atoms with van der Waals surface area (Å²) in [6, 6.07) is 4.52. The van der Waals surface area contributed by atoms with E-state index in [9.17, 15) is 0 Å². The summed E-state index contributed by atoms with van der Waals surface area (Å²) in [4.78, 5) is 0. The molecule has 0 aromatic heterocycles. The van der Waals surface area contributed by atoms with E-state index in [2.05, 4.69) is 12.2 Å². The Morgan fingerprint density at radius 2 is 1.94 bits per heavy atom. The lowest BCUT2D eigenvalue weighted by molar-refractivity contribution is 0.300. The molecule has 0 bridgehead atoms. The van der Waals surface area contributed by atoms with Gasteiger partial charge in [0.2, 0.25) is 0 Å². The molecule has 1 fully saturated rings. The molecule has 1 aliphatic rings. The second-order valence-electron chi connectivity index (χ2n) is 5.30. The minimum absolute atomic E-state index is 0.626. The molecular weight excluding hydrogens is 246 g/mol. The molecule has 1 aromatic carbocycles. The molecule has 1 atom stereocenters. The summed E-state index contributed by atoms with van der Waals surface area (Å²) in [5.41, 5.74) is 2.21. The predicted molar refractivity (Wildman–Crippen MR) is 76.6 cm³/mol. The highest BCUT2D eigenvalue weighted by molar-refractivity contribution is 6.30. The van der Waals surface area contributed by atoms with E-state index in [1.165, 1.54) is 12.8 Å². The Balaban J connectivity index is 1.79. The smallest absolute Gasteiger partial charge is 0.125 e. The van der Waals surface area contributed by atoms with Crippen molar-refractivity contribution < 1.29 is 4.74 Å². The second-order valence-corrected chi connectivity index (χ2v) is 5.73. The zero-order chi connectivity index (χ0) is 13.1. The molecule has 1 aromatic rings. The van der Waals surface area contributed by atoms with E-state index in [4.69, 9.17) is 16.3 Å². The fourth-order valence-corrected chi connectivity index (χ4v) is 2.66. The molecule has 100 valence electrons. The van der Waals surface area contributed by atoms with Crippen LogP contribution in [0.1, 0.15) is 30.9 Å². The minimum Gasteiger partial charge on any atom is -0.492 e. The Bertz CT molecular complexity index is 392. The van der Waals surface area contributed by atoms with Gasteiger partial charge in [0, 0.05) is 17.6 Å². The first kappa shape index (κ1) is 13.7. The summed E-state index contributed by atoms with van der Waals surface area (Å²) >= 11 is 6.00. The van der Waals surface area contributed by atoms with Crippen LogP contribution in [0.25, 0.3) is 0 Å². The van der Waals surface area contributed by atoms with Crippen LogP contribution in [0.4, 0.5) is 0 Å². The van der Waals surface area contributed by atoms with Crippen LogP contribution in [-0.2, 0) is 0 Å². The number of rotatable bonds is 6. The van der Waals surface area contributed by atoms with Crippen LogP contribution in [0.5, 0.6) is 5.75 Å². The number of nitrogens with one attached hydrogen (secondary N) is 1. The molecule has 2 rings (SSSR count). The topological polar surface area (TPSA) is 21.3 Å². The van der Waals surface area contributed by atoms with Crippen LogP contribution < -0.4 is 10.1 Å².